The molecule has 2 heterocycles. The van der Waals surface area contributed by atoms with Crippen molar-refractivity contribution < 1.29 is 14.3 Å². The lowest BCUT2D eigenvalue weighted by Gasteiger charge is -2.34. The number of aryl methyl sites for hydroxylation is 1. The van der Waals surface area contributed by atoms with E-state index < -0.39 is 0 Å². The summed E-state index contributed by atoms with van der Waals surface area (Å²) >= 11 is 0. The molecule has 1 saturated heterocycles. The number of aliphatic hydroxyl groups is 1. The predicted octanol–water partition coefficient (Wildman–Crippen LogP) is 3.40. The molecular weight excluding hydrogens is 328 g/mol. The number of nitrogens with zero attached hydrogens (tertiary/aromatic N) is 2. The van der Waals surface area contributed by atoms with Crippen LogP contribution in [0.25, 0.3) is 0 Å². The van der Waals surface area contributed by atoms with Crippen molar-refractivity contribution in [3.8, 4) is 0 Å². The van der Waals surface area contributed by atoms with Crippen molar-refractivity contribution in [2.24, 2.45) is 5.92 Å². The van der Waals surface area contributed by atoms with Crippen LogP contribution in [0.3, 0.4) is 0 Å². The molecule has 1 aliphatic heterocycles. The zero-order valence-corrected chi connectivity index (χ0v) is 15.0. The molecule has 1 atom stereocenters. The van der Waals surface area contributed by atoms with E-state index in [9.17, 15) is 9.90 Å². The number of hydrogen-bond acceptors (Lipinski definition) is 4. The van der Waals surface area contributed by atoms with Crippen LogP contribution >= 0.6 is 0 Å². The summed E-state index contributed by atoms with van der Waals surface area (Å²) in [4.78, 5) is 18.8. The number of amides is 1. The van der Waals surface area contributed by atoms with Crippen molar-refractivity contribution in [2.75, 3.05) is 13.1 Å². The van der Waals surface area contributed by atoms with E-state index in [0.717, 1.165) is 44.3 Å². The Labute approximate surface area is 154 Å². The molecule has 5 heteroatoms. The average molecular weight is 354 g/mol. The summed E-state index contributed by atoms with van der Waals surface area (Å²) in [6.45, 7) is 1.37. The van der Waals surface area contributed by atoms with E-state index in [1.54, 1.807) is 0 Å². The Balaban J connectivity index is 1.28. The maximum atomic E-state index is 12.7. The Kier molecular flexibility index (Phi) is 5.07. The summed E-state index contributed by atoms with van der Waals surface area (Å²) in [5.74, 6) is 1.40. The number of carbonyl (C=O) groups is 1. The fraction of sp³-hybridized carbons (Fsp3) is 0.524. The minimum Gasteiger partial charge on any atom is -0.447 e. The molecular formula is C21H26N2O3. The molecule has 1 aromatic heterocycles. The molecule has 1 N–H and O–H groups in total. The topological polar surface area (TPSA) is 66.6 Å². The number of aliphatic hydroxyl groups excluding tert-OH is 1. The van der Waals surface area contributed by atoms with Crippen molar-refractivity contribution in [2.45, 2.75) is 50.5 Å². The predicted molar refractivity (Wildman–Crippen MR) is 97.9 cm³/mol. The van der Waals surface area contributed by atoms with E-state index in [-0.39, 0.29) is 17.9 Å². The summed E-state index contributed by atoms with van der Waals surface area (Å²) in [5.41, 5.74) is 1.76. The van der Waals surface area contributed by atoms with Crippen LogP contribution < -0.4 is 0 Å². The minimum atomic E-state index is -0.304. The molecule has 0 spiro atoms. The van der Waals surface area contributed by atoms with Crippen molar-refractivity contribution >= 4 is 5.91 Å². The van der Waals surface area contributed by atoms with Gasteiger partial charge in [-0.2, -0.15) is 0 Å². The molecule has 4 rings (SSSR count). The van der Waals surface area contributed by atoms with Crippen LogP contribution in [0.2, 0.25) is 0 Å². The second-order valence-corrected chi connectivity index (χ2v) is 7.56. The number of benzene rings is 1. The smallest absolute Gasteiger partial charge is 0.276 e. The minimum absolute atomic E-state index is 0.0159. The van der Waals surface area contributed by atoms with Crippen LogP contribution in [0, 0.1) is 5.92 Å². The first-order chi connectivity index (χ1) is 12.7. The molecule has 2 aromatic rings. The molecule has 5 nitrogen and oxygen atoms in total. The first kappa shape index (κ1) is 17.3. The van der Waals surface area contributed by atoms with E-state index in [0.29, 0.717) is 24.7 Å². The fourth-order valence-electron chi connectivity index (χ4n) is 3.88. The molecule has 2 fully saturated rings. The number of hydrogen-bond donors (Lipinski definition) is 1. The van der Waals surface area contributed by atoms with Gasteiger partial charge in [-0.05, 0) is 50.0 Å². The van der Waals surface area contributed by atoms with Crippen molar-refractivity contribution in [1.82, 2.24) is 9.88 Å². The second kappa shape index (κ2) is 7.62. The highest BCUT2D eigenvalue weighted by Gasteiger charge is 2.35. The Bertz CT molecular complexity index is 731. The normalized spacial score (nSPS) is 19.5. The highest BCUT2D eigenvalue weighted by atomic mass is 16.3. The molecule has 1 saturated carbocycles. The van der Waals surface area contributed by atoms with Crippen molar-refractivity contribution in [3.05, 3.63) is 53.7 Å². The molecule has 2 aliphatic rings. The maximum absolute atomic E-state index is 12.7. The van der Waals surface area contributed by atoms with Crippen molar-refractivity contribution in [3.63, 3.8) is 0 Å². The Morgan fingerprint density at radius 1 is 1.19 bits per heavy atom. The number of aromatic nitrogens is 1. The third-order valence-electron chi connectivity index (χ3n) is 5.69. The van der Waals surface area contributed by atoms with E-state index in [4.69, 9.17) is 4.42 Å². The fourth-order valence-corrected chi connectivity index (χ4v) is 3.88. The van der Waals surface area contributed by atoms with Crippen LogP contribution in [0.5, 0.6) is 0 Å². The van der Waals surface area contributed by atoms with Gasteiger partial charge in [0.15, 0.2) is 12.1 Å². The second-order valence-electron chi connectivity index (χ2n) is 7.56. The van der Waals surface area contributed by atoms with Gasteiger partial charge in [0, 0.05) is 19.0 Å². The van der Waals surface area contributed by atoms with Crippen LogP contribution in [-0.2, 0) is 6.42 Å². The van der Waals surface area contributed by atoms with E-state index in [1.165, 1.54) is 12.0 Å². The van der Waals surface area contributed by atoms with Crippen LogP contribution in [0.15, 0.2) is 41.1 Å². The molecule has 1 amide bonds. The Morgan fingerprint density at radius 3 is 2.62 bits per heavy atom. The zero-order chi connectivity index (χ0) is 17.9. The van der Waals surface area contributed by atoms with Gasteiger partial charge in [0.05, 0.1) is 6.10 Å². The van der Waals surface area contributed by atoms with Crippen LogP contribution in [-0.4, -0.2) is 40.1 Å². The average Bonchev–Trinajstić information content (AvgIpc) is 3.43. The maximum Gasteiger partial charge on any atom is 0.276 e. The lowest BCUT2D eigenvalue weighted by molar-refractivity contribution is 0.0432. The van der Waals surface area contributed by atoms with Crippen molar-refractivity contribution in [1.29, 1.82) is 0 Å². The third kappa shape index (κ3) is 3.83. The van der Waals surface area contributed by atoms with Gasteiger partial charge in [-0.3, -0.25) is 4.79 Å². The highest BCUT2D eigenvalue weighted by molar-refractivity contribution is 5.93. The van der Waals surface area contributed by atoms with Crippen LogP contribution in [0.1, 0.15) is 59.8 Å². The first-order valence-corrected chi connectivity index (χ1v) is 9.67. The molecule has 0 radical (unpaired) electrons. The SMILES string of the molecule is O=C(c1ncoc1C1CC1)N1CCC(C(O)CCc2ccccc2)CC1. The largest absolute Gasteiger partial charge is 0.447 e. The molecule has 1 unspecified atom stereocenters. The highest BCUT2D eigenvalue weighted by Crippen LogP contribution is 2.41. The number of rotatable bonds is 6. The summed E-state index contributed by atoms with van der Waals surface area (Å²) in [5, 5.41) is 10.5. The van der Waals surface area contributed by atoms with Gasteiger partial charge in [0.25, 0.3) is 5.91 Å². The van der Waals surface area contributed by atoms with Gasteiger partial charge in [-0.25, -0.2) is 4.98 Å². The standard InChI is InChI=1S/C21H26N2O3/c24-18(9-6-15-4-2-1-3-5-15)16-10-12-23(13-11-16)21(25)19-20(17-7-8-17)26-14-22-19/h1-5,14,16-18,24H,6-13H2. The molecule has 1 aromatic carbocycles. The van der Waals surface area contributed by atoms with Gasteiger partial charge in [-0.15, -0.1) is 0 Å². The number of likely N-dealkylation sites (tertiary alicyclic amines) is 1. The molecule has 138 valence electrons. The summed E-state index contributed by atoms with van der Waals surface area (Å²) in [6, 6.07) is 10.3. The first-order valence-electron chi connectivity index (χ1n) is 9.67. The quantitative estimate of drug-likeness (QED) is 0.863. The van der Waals surface area contributed by atoms with Gasteiger partial charge in [0.1, 0.15) is 5.76 Å². The van der Waals surface area contributed by atoms with E-state index in [2.05, 4.69) is 17.1 Å². The van der Waals surface area contributed by atoms with Gasteiger partial charge in [-0.1, -0.05) is 30.3 Å². The van der Waals surface area contributed by atoms with Gasteiger partial charge < -0.3 is 14.4 Å². The summed E-state index contributed by atoms with van der Waals surface area (Å²) in [6.07, 6.45) is 6.62. The van der Waals surface area contributed by atoms with E-state index >= 15 is 0 Å². The summed E-state index contributed by atoms with van der Waals surface area (Å²) in [7, 11) is 0. The zero-order valence-electron chi connectivity index (χ0n) is 15.0. The lowest BCUT2D eigenvalue weighted by Crippen LogP contribution is -2.41. The summed E-state index contributed by atoms with van der Waals surface area (Å²) < 4.78 is 5.44. The monoisotopic (exact) mass is 354 g/mol. The molecule has 0 bridgehead atoms. The molecule has 1 aliphatic carbocycles. The number of piperidine rings is 1. The number of oxazole rings is 1. The van der Waals surface area contributed by atoms with Crippen LogP contribution in [0.4, 0.5) is 0 Å². The lowest BCUT2D eigenvalue weighted by atomic mass is 9.88. The Morgan fingerprint density at radius 2 is 1.92 bits per heavy atom. The Hall–Kier alpha value is -2.14. The number of carbonyl (C=O) groups excluding carboxylic acids is 1. The van der Waals surface area contributed by atoms with E-state index in [1.807, 2.05) is 23.1 Å². The van der Waals surface area contributed by atoms with Gasteiger partial charge in [0.2, 0.25) is 0 Å². The third-order valence-corrected chi connectivity index (χ3v) is 5.69. The van der Waals surface area contributed by atoms with Gasteiger partial charge >= 0.3 is 0 Å². The molecule has 26 heavy (non-hydrogen) atoms.